The molecule has 3 rings (SSSR count). The summed E-state index contributed by atoms with van der Waals surface area (Å²) < 4.78 is 3.93. The first kappa shape index (κ1) is 22.3. The van der Waals surface area contributed by atoms with Gasteiger partial charge in [-0.25, -0.2) is 0 Å². The van der Waals surface area contributed by atoms with Gasteiger partial charge in [0.05, 0.1) is 5.69 Å². The number of benzene rings is 3. The van der Waals surface area contributed by atoms with Crippen molar-refractivity contribution in [2.75, 3.05) is 4.30 Å². The lowest BCUT2D eigenvalue weighted by Crippen LogP contribution is -2.25. The number of anilines is 1. The van der Waals surface area contributed by atoms with Crippen molar-refractivity contribution in [2.24, 2.45) is 4.99 Å². The fourth-order valence-electron chi connectivity index (χ4n) is 3.84. The molecule has 0 aliphatic rings. The second-order valence-electron chi connectivity index (χ2n) is 8.04. The van der Waals surface area contributed by atoms with E-state index in [4.69, 9.17) is 4.99 Å². The molecule has 0 amide bonds. The lowest BCUT2D eigenvalue weighted by atomic mass is 10.1. The molecule has 0 heterocycles. The van der Waals surface area contributed by atoms with Crippen molar-refractivity contribution in [1.29, 1.82) is 0 Å². The van der Waals surface area contributed by atoms with E-state index in [0.29, 0.717) is 0 Å². The lowest BCUT2D eigenvalue weighted by Gasteiger charge is -2.18. The lowest BCUT2D eigenvalue weighted by molar-refractivity contribution is 1.09. The highest BCUT2D eigenvalue weighted by molar-refractivity contribution is 6.62. The van der Waals surface area contributed by atoms with Crippen molar-refractivity contribution in [3.05, 3.63) is 94.5 Å². The molecule has 0 saturated carbocycles. The number of para-hydroxylation sites is 1. The van der Waals surface area contributed by atoms with Crippen molar-refractivity contribution < 1.29 is 0 Å². The van der Waals surface area contributed by atoms with Gasteiger partial charge in [-0.05, 0) is 66.6 Å². The molecule has 0 aliphatic carbocycles. The summed E-state index contributed by atoms with van der Waals surface area (Å²) in [6.07, 6.45) is 4.17. The predicted molar refractivity (Wildman–Crippen MR) is 134 cm³/mol. The van der Waals surface area contributed by atoms with Crippen LogP contribution in [0.3, 0.4) is 0 Å². The van der Waals surface area contributed by atoms with E-state index < -0.39 is 14.4 Å². The van der Waals surface area contributed by atoms with E-state index in [1.165, 1.54) is 44.1 Å². The number of hydrogen-bond donors (Lipinski definition) is 1. The predicted octanol–water partition coefficient (Wildman–Crippen LogP) is 7.28. The molecule has 0 bridgehead atoms. The Bertz CT molecular complexity index is 973. The summed E-state index contributed by atoms with van der Waals surface area (Å²) in [6, 6.07) is 23.7. The van der Waals surface area contributed by atoms with Crippen molar-refractivity contribution >= 4 is 32.0 Å². The van der Waals surface area contributed by atoms with Gasteiger partial charge in [-0.3, -0.25) is 4.99 Å². The van der Waals surface area contributed by atoms with Crippen LogP contribution in [0.15, 0.2) is 71.7 Å². The number of hydrogen-bond acceptors (Lipinski definition) is 2. The highest BCUT2D eigenvalue weighted by Crippen LogP contribution is 2.22. The normalized spacial score (nSPS) is 11.1. The molecule has 0 fully saturated rings. The fraction of sp³-hybridized carbons (Fsp3) is 0.296. The molecule has 0 unspecified atom stereocenters. The van der Waals surface area contributed by atoms with Crippen LogP contribution in [0.25, 0.3) is 0 Å². The first-order valence-corrected chi connectivity index (χ1v) is 13.4. The SMILES string of the molecule is CCc1cccc(N=Cc2ccccc2C[CH2][Al]([CH2]C)[NH]c2c(C)cccc2C)c1. The molecular weight excluding hydrogens is 379 g/mol. The maximum absolute atomic E-state index is 4.75. The minimum absolute atomic E-state index is 1.03. The maximum Gasteiger partial charge on any atom is 0.411 e. The van der Waals surface area contributed by atoms with Gasteiger partial charge in [-0.2, -0.15) is 0 Å². The van der Waals surface area contributed by atoms with Crippen LogP contribution in [0.1, 0.15) is 41.7 Å². The Balaban J connectivity index is 1.70. The monoisotopic (exact) mass is 412 g/mol. The number of nitrogens with zero attached hydrogens (tertiary/aromatic N) is 1. The smallest absolute Gasteiger partial charge is 0.411 e. The Morgan fingerprint density at radius 2 is 1.63 bits per heavy atom. The molecule has 0 saturated heterocycles. The van der Waals surface area contributed by atoms with Crippen LogP contribution >= 0.6 is 0 Å². The number of aryl methyl sites for hydroxylation is 4. The van der Waals surface area contributed by atoms with Crippen LogP contribution in [0.2, 0.25) is 10.6 Å². The van der Waals surface area contributed by atoms with Crippen LogP contribution in [0.4, 0.5) is 11.4 Å². The van der Waals surface area contributed by atoms with E-state index >= 15 is 0 Å². The van der Waals surface area contributed by atoms with Gasteiger partial charge in [0.1, 0.15) is 0 Å². The Morgan fingerprint density at radius 3 is 2.37 bits per heavy atom. The van der Waals surface area contributed by atoms with Crippen molar-refractivity contribution in [2.45, 2.75) is 51.1 Å². The van der Waals surface area contributed by atoms with Crippen LogP contribution in [0.5, 0.6) is 0 Å². The molecule has 2 nitrogen and oxygen atoms in total. The van der Waals surface area contributed by atoms with E-state index in [-0.39, 0.29) is 0 Å². The minimum atomic E-state index is -1.07. The summed E-state index contributed by atoms with van der Waals surface area (Å²) >= 11 is -1.07. The van der Waals surface area contributed by atoms with E-state index in [1.54, 1.807) is 0 Å². The molecule has 3 heteroatoms. The van der Waals surface area contributed by atoms with E-state index in [9.17, 15) is 0 Å². The minimum Gasteiger partial charge on any atom is -0.476 e. The molecule has 0 radical (unpaired) electrons. The van der Waals surface area contributed by atoms with Crippen LogP contribution in [0, 0.1) is 13.8 Å². The Hall–Kier alpha value is -2.34. The second kappa shape index (κ2) is 11.2. The number of nitrogens with one attached hydrogen (secondary N) is 1. The molecule has 3 aromatic rings. The van der Waals surface area contributed by atoms with Gasteiger partial charge in [-0.1, -0.05) is 79.0 Å². The van der Waals surface area contributed by atoms with Crippen LogP contribution in [-0.4, -0.2) is 20.6 Å². The zero-order valence-electron chi connectivity index (χ0n) is 18.8. The summed E-state index contributed by atoms with van der Waals surface area (Å²) in [5.41, 5.74) is 9.03. The third-order valence-corrected chi connectivity index (χ3v) is 8.48. The number of rotatable bonds is 9. The summed E-state index contributed by atoms with van der Waals surface area (Å²) in [6.45, 7) is 8.91. The summed E-state index contributed by atoms with van der Waals surface area (Å²) in [5.74, 6) is 0. The van der Waals surface area contributed by atoms with Gasteiger partial charge in [0.15, 0.2) is 0 Å². The van der Waals surface area contributed by atoms with Crippen LogP contribution in [-0.2, 0) is 12.8 Å². The van der Waals surface area contributed by atoms with Gasteiger partial charge in [0.2, 0.25) is 0 Å². The molecule has 0 atom stereocenters. The Kier molecular flexibility index (Phi) is 8.32. The molecule has 0 aromatic heterocycles. The van der Waals surface area contributed by atoms with Crippen molar-refractivity contribution in [3.8, 4) is 0 Å². The number of aliphatic imine (C=N–C) groups is 1. The molecule has 154 valence electrons. The molecule has 0 spiro atoms. The molecule has 0 aliphatic heterocycles. The average Bonchev–Trinajstić information content (AvgIpc) is 2.77. The van der Waals surface area contributed by atoms with E-state index in [0.717, 1.165) is 18.5 Å². The van der Waals surface area contributed by atoms with E-state index in [2.05, 4.69) is 98.7 Å². The third-order valence-electron chi connectivity index (χ3n) is 5.81. The van der Waals surface area contributed by atoms with Gasteiger partial charge in [0.25, 0.3) is 0 Å². The van der Waals surface area contributed by atoms with Crippen molar-refractivity contribution in [3.63, 3.8) is 0 Å². The molecule has 1 N–H and O–H groups in total. The zero-order chi connectivity index (χ0) is 21.3. The molecule has 3 aromatic carbocycles. The topological polar surface area (TPSA) is 24.4 Å². The third kappa shape index (κ3) is 6.08. The largest absolute Gasteiger partial charge is 0.476 e. The van der Waals surface area contributed by atoms with Gasteiger partial charge < -0.3 is 4.30 Å². The summed E-state index contributed by atoms with van der Waals surface area (Å²) in [5, 5.41) is 2.48. The first-order chi connectivity index (χ1) is 14.6. The summed E-state index contributed by atoms with van der Waals surface area (Å²) in [7, 11) is 0. The first-order valence-electron chi connectivity index (χ1n) is 11.1. The standard InChI is InChI=1S/C17H18N.C8H10N.C2H5.Al/c1-3-14-8-7-11-17(12-14)18-13-16-10-6-5-9-15(16)4-2;1-6-4-3-5-7(2)8(6)9;1-2;/h5-13H,2-4H2,1H3;3-5,9H,1-2H3;1H2,2H3;/q;-1;;+1. The molecular formula is C27H33AlN2. The van der Waals surface area contributed by atoms with Gasteiger partial charge in [-0.15, -0.1) is 0 Å². The maximum atomic E-state index is 4.75. The zero-order valence-corrected chi connectivity index (χ0v) is 19.9. The quantitative estimate of drug-likeness (QED) is 0.290. The highest BCUT2D eigenvalue weighted by atomic mass is 27.2. The van der Waals surface area contributed by atoms with Gasteiger partial charge >= 0.3 is 14.4 Å². The van der Waals surface area contributed by atoms with E-state index in [1.807, 2.05) is 6.21 Å². The average molecular weight is 413 g/mol. The second-order valence-corrected chi connectivity index (χ2v) is 11.1. The fourth-order valence-corrected chi connectivity index (χ4v) is 6.12. The summed E-state index contributed by atoms with van der Waals surface area (Å²) in [4.78, 5) is 4.75. The van der Waals surface area contributed by atoms with Gasteiger partial charge in [0, 0.05) is 11.9 Å². The van der Waals surface area contributed by atoms with Crippen molar-refractivity contribution in [1.82, 2.24) is 0 Å². The Morgan fingerprint density at radius 1 is 0.900 bits per heavy atom. The molecule has 30 heavy (non-hydrogen) atoms. The van der Waals surface area contributed by atoms with Crippen LogP contribution < -0.4 is 4.30 Å². The highest BCUT2D eigenvalue weighted by Gasteiger charge is 2.18. The Labute approximate surface area is 186 Å².